The van der Waals surface area contributed by atoms with Crippen LogP contribution < -0.4 is 19.5 Å². The number of hydrogen-bond acceptors (Lipinski definition) is 5. The van der Waals surface area contributed by atoms with Crippen LogP contribution in [0.5, 0.6) is 17.2 Å². The Morgan fingerprint density at radius 2 is 1.81 bits per heavy atom. The average Bonchev–Trinajstić information content (AvgIpc) is 3.09. The van der Waals surface area contributed by atoms with E-state index in [0.29, 0.717) is 18.1 Å². The number of anilines is 1. The summed E-state index contributed by atoms with van der Waals surface area (Å²) >= 11 is 9.77. The van der Waals surface area contributed by atoms with Gasteiger partial charge >= 0.3 is 0 Å². The van der Waals surface area contributed by atoms with E-state index in [1.807, 2.05) is 48.5 Å². The lowest BCUT2D eigenvalue weighted by atomic mass is 9.89. The molecule has 2 heterocycles. The molecule has 2 aliphatic rings. The van der Waals surface area contributed by atoms with E-state index in [-0.39, 0.29) is 6.04 Å². The van der Waals surface area contributed by atoms with Crippen LogP contribution in [-0.4, -0.2) is 14.2 Å². The molecule has 160 valence electrons. The molecule has 1 N–H and O–H groups in total. The van der Waals surface area contributed by atoms with E-state index in [1.54, 1.807) is 14.2 Å². The SMILES string of the molecule is COc1cc(N[C@@H]2C[C@]3(OCc4cc(Cl)ccc43)Oc3cc(Br)ccc32)cc(OC)c1. The summed E-state index contributed by atoms with van der Waals surface area (Å²) in [5.41, 5.74) is 4.01. The van der Waals surface area contributed by atoms with Crippen molar-refractivity contribution in [3.8, 4) is 17.2 Å². The number of hydrogen-bond donors (Lipinski definition) is 1. The van der Waals surface area contributed by atoms with E-state index in [4.69, 9.17) is 30.5 Å². The van der Waals surface area contributed by atoms with Crippen molar-refractivity contribution in [1.82, 2.24) is 0 Å². The third-order valence-electron chi connectivity index (χ3n) is 5.73. The largest absolute Gasteiger partial charge is 0.497 e. The van der Waals surface area contributed by atoms with Gasteiger partial charge in [0.05, 0.1) is 26.9 Å². The maximum absolute atomic E-state index is 6.50. The fraction of sp³-hybridized carbons (Fsp3) is 0.250. The highest BCUT2D eigenvalue weighted by Crippen LogP contribution is 2.51. The van der Waals surface area contributed by atoms with Crippen molar-refractivity contribution in [1.29, 1.82) is 0 Å². The highest BCUT2D eigenvalue weighted by molar-refractivity contribution is 9.10. The summed E-state index contributed by atoms with van der Waals surface area (Å²) < 4.78 is 24.6. The standard InChI is InChI=1S/C24H21BrClNO4/c1-28-18-9-17(10-19(11-18)29-2)27-22-12-24(31-23-8-15(25)3-5-20(22)23)21-6-4-16(26)7-14(21)13-30-24/h3-11,22,27H,12-13H2,1-2H3/t22-,24+/m1/s1. The van der Waals surface area contributed by atoms with E-state index in [9.17, 15) is 0 Å². The summed E-state index contributed by atoms with van der Waals surface area (Å²) in [7, 11) is 3.28. The van der Waals surface area contributed by atoms with Crippen LogP contribution in [0.4, 0.5) is 5.69 Å². The van der Waals surface area contributed by atoms with Gasteiger partial charge in [0.1, 0.15) is 17.2 Å². The molecule has 2 aliphatic heterocycles. The zero-order valence-electron chi connectivity index (χ0n) is 17.1. The third kappa shape index (κ3) is 3.73. The highest BCUT2D eigenvalue weighted by atomic mass is 79.9. The number of rotatable bonds is 4. The maximum Gasteiger partial charge on any atom is 0.240 e. The molecule has 31 heavy (non-hydrogen) atoms. The number of benzene rings is 3. The normalized spacial score (nSPS) is 21.2. The molecule has 0 aromatic heterocycles. The second kappa shape index (κ2) is 7.93. The van der Waals surface area contributed by atoms with Gasteiger partial charge in [0.25, 0.3) is 0 Å². The molecule has 0 saturated heterocycles. The first-order chi connectivity index (χ1) is 15.0. The van der Waals surface area contributed by atoms with Crippen molar-refractivity contribution in [2.75, 3.05) is 19.5 Å². The van der Waals surface area contributed by atoms with Crippen molar-refractivity contribution in [3.05, 3.63) is 80.8 Å². The van der Waals surface area contributed by atoms with Crippen molar-refractivity contribution >= 4 is 33.2 Å². The molecule has 0 radical (unpaired) electrons. The van der Waals surface area contributed by atoms with Crippen LogP contribution in [0.3, 0.4) is 0 Å². The Kier molecular flexibility index (Phi) is 5.24. The number of halogens is 2. The van der Waals surface area contributed by atoms with Gasteiger partial charge in [0.2, 0.25) is 5.79 Å². The Morgan fingerprint density at radius 3 is 2.55 bits per heavy atom. The molecule has 0 bridgehead atoms. The molecule has 1 spiro atoms. The van der Waals surface area contributed by atoms with Crippen LogP contribution in [0.15, 0.2) is 59.1 Å². The number of methoxy groups -OCH3 is 2. The summed E-state index contributed by atoms with van der Waals surface area (Å²) in [6, 6.07) is 17.6. The Hall–Kier alpha value is -2.41. The molecule has 0 aliphatic carbocycles. The molecule has 3 aromatic carbocycles. The number of fused-ring (bicyclic) bond motifs is 3. The minimum absolute atomic E-state index is 0.0599. The molecule has 7 heteroatoms. The predicted molar refractivity (Wildman–Crippen MR) is 123 cm³/mol. The molecule has 0 unspecified atom stereocenters. The molecule has 2 atom stereocenters. The van der Waals surface area contributed by atoms with Crippen molar-refractivity contribution < 1.29 is 18.9 Å². The smallest absolute Gasteiger partial charge is 0.240 e. The molecule has 5 nitrogen and oxygen atoms in total. The van der Waals surface area contributed by atoms with Gasteiger partial charge in [0.15, 0.2) is 0 Å². The third-order valence-corrected chi connectivity index (χ3v) is 6.46. The Bertz CT molecular complexity index is 1130. The first kappa shape index (κ1) is 20.5. The van der Waals surface area contributed by atoms with Crippen LogP contribution in [0.2, 0.25) is 5.02 Å². The van der Waals surface area contributed by atoms with Gasteiger partial charge in [-0.2, -0.15) is 0 Å². The first-order valence-corrected chi connectivity index (χ1v) is 11.1. The minimum Gasteiger partial charge on any atom is -0.497 e. The Labute approximate surface area is 194 Å². The summed E-state index contributed by atoms with van der Waals surface area (Å²) in [6.07, 6.45) is 0.593. The lowest BCUT2D eigenvalue weighted by molar-refractivity contribution is -0.196. The zero-order valence-corrected chi connectivity index (χ0v) is 19.4. The van der Waals surface area contributed by atoms with E-state index in [1.165, 1.54) is 0 Å². The zero-order chi connectivity index (χ0) is 21.6. The molecular formula is C24H21BrClNO4. The monoisotopic (exact) mass is 501 g/mol. The lowest BCUT2D eigenvalue weighted by Gasteiger charge is -2.40. The lowest BCUT2D eigenvalue weighted by Crippen LogP contribution is -2.40. The first-order valence-electron chi connectivity index (χ1n) is 9.90. The fourth-order valence-electron chi connectivity index (χ4n) is 4.28. The fourth-order valence-corrected chi connectivity index (χ4v) is 4.82. The van der Waals surface area contributed by atoms with Crippen LogP contribution in [0, 0.1) is 0 Å². The summed E-state index contributed by atoms with van der Waals surface area (Å²) in [6.45, 7) is 0.457. The van der Waals surface area contributed by atoms with Gasteiger partial charge in [-0.1, -0.05) is 39.7 Å². The van der Waals surface area contributed by atoms with E-state index < -0.39 is 5.79 Å². The van der Waals surface area contributed by atoms with Crippen LogP contribution in [0.25, 0.3) is 0 Å². The topological polar surface area (TPSA) is 49.0 Å². The highest BCUT2D eigenvalue weighted by Gasteiger charge is 2.48. The summed E-state index contributed by atoms with van der Waals surface area (Å²) in [5.74, 6) is 1.33. The molecule has 3 aromatic rings. The van der Waals surface area contributed by atoms with E-state index in [2.05, 4.69) is 27.3 Å². The quantitative estimate of drug-likeness (QED) is 0.445. The maximum atomic E-state index is 6.50. The summed E-state index contributed by atoms with van der Waals surface area (Å²) in [4.78, 5) is 0. The molecule has 0 amide bonds. The van der Waals surface area contributed by atoms with Crippen LogP contribution >= 0.6 is 27.5 Å². The van der Waals surface area contributed by atoms with Crippen LogP contribution in [0.1, 0.15) is 29.2 Å². The molecule has 0 saturated carbocycles. The van der Waals surface area contributed by atoms with Gasteiger partial charge in [-0.05, 0) is 29.8 Å². The van der Waals surface area contributed by atoms with Gasteiger partial charge in [-0.15, -0.1) is 0 Å². The van der Waals surface area contributed by atoms with Gasteiger partial charge in [-0.25, -0.2) is 0 Å². The number of nitrogens with one attached hydrogen (secondary N) is 1. The molecule has 0 fully saturated rings. The van der Waals surface area contributed by atoms with Crippen molar-refractivity contribution in [2.45, 2.75) is 24.9 Å². The van der Waals surface area contributed by atoms with Crippen LogP contribution in [-0.2, 0) is 17.1 Å². The second-order valence-corrected chi connectivity index (χ2v) is 8.98. The summed E-state index contributed by atoms with van der Waals surface area (Å²) in [5, 5.41) is 4.33. The minimum atomic E-state index is -0.881. The molecule has 5 rings (SSSR count). The Morgan fingerprint density at radius 1 is 1.03 bits per heavy atom. The van der Waals surface area contributed by atoms with E-state index >= 15 is 0 Å². The Balaban J connectivity index is 1.57. The van der Waals surface area contributed by atoms with E-state index in [0.717, 1.165) is 44.1 Å². The van der Waals surface area contributed by atoms with Gasteiger partial charge in [-0.3, -0.25) is 0 Å². The second-order valence-electron chi connectivity index (χ2n) is 7.63. The molecular weight excluding hydrogens is 482 g/mol. The van der Waals surface area contributed by atoms with Gasteiger partial charge < -0.3 is 24.3 Å². The number of ether oxygens (including phenoxy) is 4. The average molecular weight is 503 g/mol. The predicted octanol–water partition coefficient (Wildman–Crippen LogP) is 6.44. The van der Waals surface area contributed by atoms with Gasteiger partial charge in [0, 0.05) is 50.9 Å². The van der Waals surface area contributed by atoms with Crippen molar-refractivity contribution in [3.63, 3.8) is 0 Å². The van der Waals surface area contributed by atoms with Crippen molar-refractivity contribution in [2.24, 2.45) is 0 Å².